The first-order valence-electron chi connectivity index (χ1n) is 12.0. The van der Waals surface area contributed by atoms with Crippen molar-refractivity contribution < 1.29 is 14.3 Å². The Morgan fingerprint density at radius 1 is 1.03 bits per heavy atom. The predicted octanol–water partition coefficient (Wildman–Crippen LogP) is 6.23. The van der Waals surface area contributed by atoms with Gasteiger partial charge in [-0.15, -0.1) is 11.3 Å². The van der Waals surface area contributed by atoms with Gasteiger partial charge in [-0.3, -0.25) is 10.2 Å². The molecule has 2 aromatic carbocycles. The van der Waals surface area contributed by atoms with E-state index in [-0.39, 0.29) is 0 Å². The van der Waals surface area contributed by atoms with Crippen molar-refractivity contribution >= 4 is 38.9 Å². The minimum absolute atomic E-state index is 0.461. The van der Waals surface area contributed by atoms with Crippen molar-refractivity contribution in [1.82, 2.24) is 4.90 Å². The summed E-state index contributed by atoms with van der Waals surface area (Å²) in [5.74, 6) is 0.754. The molecule has 4 rings (SSSR count). The van der Waals surface area contributed by atoms with Crippen LogP contribution in [0, 0.1) is 0 Å². The number of thiophene rings is 1. The molecule has 1 amide bonds. The Bertz CT molecular complexity index is 1080. The molecule has 1 aromatic heterocycles. The number of carbonyl (C=O) groups excluding carboxylic acids is 1. The van der Waals surface area contributed by atoms with E-state index < -0.39 is 11.7 Å². The molecular weight excluding hydrogens is 446 g/mol. The first-order valence-corrected chi connectivity index (χ1v) is 12.9. The van der Waals surface area contributed by atoms with Gasteiger partial charge in [-0.25, -0.2) is 4.79 Å². The molecule has 0 bridgehead atoms. The number of unbranched alkanes of at least 4 members (excludes halogenated alkanes) is 1. The number of hydrogen-bond donors (Lipinski definition) is 1. The van der Waals surface area contributed by atoms with E-state index in [1.54, 1.807) is 0 Å². The van der Waals surface area contributed by atoms with Gasteiger partial charge in [0, 0.05) is 53.7 Å². The van der Waals surface area contributed by atoms with E-state index in [1.807, 2.05) is 56.4 Å². The number of nitrogens with one attached hydrogen (secondary N) is 1. The van der Waals surface area contributed by atoms with Crippen molar-refractivity contribution in [1.29, 1.82) is 0 Å². The van der Waals surface area contributed by atoms with Crippen LogP contribution in [0.3, 0.4) is 0 Å². The van der Waals surface area contributed by atoms with Crippen LogP contribution >= 0.6 is 11.3 Å². The average Bonchev–Trinajstić information content (AvgIpc) is 3.27. The molecule has 0 aliphatic carbocycles. The summed E-state index contributed by atoms with van der Waals surface area (Å²) in [7, 11) is 0. The molecule has 1 aliphatic heterocycles. The lowest BCUT2D eigenvalue weighted by Gasteiger charge is -2.36. The molecule has 1 aliphatic rings. The highest BCUT2D eigenvalue weighted by Crippen LogP contribution is 2.31. The summed E-state index contributed by atoms with van der Waals surface area (Å²) in [4.78, 5) is 17.0. The van der Waals surface area contributed by atoms with Crippen LogP contribution in [0.15, 0.2) is 53.9 Å². The number of carbonyl (C=O) groups is 1. The molecular formula is C27H35N3O3S. The van der Waals surface area contributed by atoms with Gasteiger partial charge in [-0.05, 0) is 75.9 Å². The Morgan fingerprint density at radius 3 is 2.62 bits per heavy atom. The van der Waals surface area contributed by atoms with E-state index in [0.717, 1.165) is 51.3 Å². The van der Waals surface area contributed by atoms with E-state index >= 15 is 0 Å². The maximum absolute atomic E-state index is 12.0. The number of piperazine rings is 1. The fourth-order valence-corrected chi connectivity index (χ4v) is 4.99. The number of nitrogens with zero attached hydrogens (tertiary/aromatic N) is 2. The number of fused-ring (bicyclic) bond motifs is 1. The zero-order chi connectivity index (χ0) is 24.0. The zero-order valence-corrected chi connectivity index (χ0v) is 21.2. The zero-order valence-electron chi connectivity index (χ0n) is 20.4. The Kier molecular flexibility index (Phi) is 7.95. The second kappa shape index (κ2) is 11.1. The summed E-state index contributed by atoms with van der Waals surface area (Å²) in [6.45, 7) is 11.6. The second-order valence-corrected chi connectivity index (χ2v) is 10.6. The predicted molar refractivity (Wildman–Crippen MR) is 142 cm³/mol. The molecule has 1 fully saturated rings. The number of hydrogen-bond acceptors (Lipinski definition) is 6. The van der Waals surface area contributed by atoms with Gasteiger partial charge >= 0.3 is 6.09 Å². The van der Waals surface area contributed by atoms with Crippen LogP contribution in [0.4, 0.5) is 16.2 Å². The van der Waals surface area contributed by atoms with Crippen LogP contribution in [0.5, 0.6) is 5.75 Å². The third-order valence-corrected chi connectivity index (χ3v) is 6.68. The van der Waals surface area contributed by atoms with E-state index in [9.17, 15) is 4.79 Å². The molecule has 1 N–H and O–H groups in total. The maximum atomic E-state index is 12.0. The molecule has 0 saturated carbocycles. The summed E-state index contributed by atoms with van der Waals surface area (Å²) >= 11 is 1.81. The molecule has 34 heavy (non-hydrogen) atoms. The van der Waals surface area contributed by atoms with E-state index in [2.05, 4.69) is 44.8 Å². The van der Waals surface area contributed by atoms with Gasteiger partial charge in [0.1, 0.15) is 11.4 Å². The minimum Gasteiger partial charge on any atom is -0.494 e. The van der Waals surface area contributed by atoms with Crippen molar-refractivity contribution in [3.63, 3.8) is 0 Å². The monoisotopic (exact) mass is 481 g/mol. The molecule has 0 unspecified atom stereocenters. The van der Waals surface area contributed by atoms with E-state index in [1.165, 1.54) is 15.8 Å². The van der Waals surface area contributed by atoms with Crippen molar-refractivity contribution in [2.24, 2.45) is 0 Å². The van der Waals surface area contributed by atoms with Gasteiger partial charge < -0.3 is 14.4 Å². The quantitative estimate of drug-likeness (QED) is 0.387. The first kappa shape index (κ1) is 24.4. The maximum Gasteiger partial charge on any atom is 0.412 e. The van der Waals surface area contributed by atoms with Gasteiger partial charge in [-0.1, -0.05) is 12.1 Å². The minimum atomic E-state index is -0.525. The molecule has 0 spiro atoms. The van der Waals surface area contributed by atoms with E-state index in [0.29, 0.717) is 12.3 Å². The van der Waals surface area contributed by atoms with Crippen LogP contribution in [0.2, 0.25) is 0 Å². The molecule has 6 nitrogen and oxygen atoms in total. The largest absolute Gasteiger partial charge is 0.494 e. The standard InChI is InChI=1S/C27H35N3O3S/c1-27(2,3)33-26(31)28-21-8-6-9-22(20-21)32-18-5-4-13-29-14-16-30(17-15-29)24-10-7-11-25-23(24)12-19-34-25/h6-12,19-20H,4-5,13-18H2,1-3H3,(H,28,31). The Hall–Kier alpha value is -2.77. The van der Waals surface area contributed by atoms with Crippen LogP contribution in [-0.4, -0.2) is 55.9 Å². The SMILES string of the molecule is CC(C)(C)OC(=O)Nc1cccc(OCCCCN2CCN(c3cccc4sccc34)CC2)c1. The molecule has 182 valence electrons. The van der Waals surface area contributed by atoms with Crippen molar-refractivity contribution in [3.05, 3.63) is 53.9 Å². The Labute approximate surface area is 206 Å². The second-order valence-electron chi connectivity index (χ2n) is 9.65. The summed E-state index contributed by atoms with van der Waals surface area (Å²) in [5, 5.41) is 6.31. The third-order valence-electron chi connectivity index (χ3n) is 5.80. The summed E-state index contributed by atoms with van der Waals surface area (Å²) in [5.41, 5.74) is 1.51. The lowest BCUT2D eigenvalue weighted by molar-refractivity contribution is 0.0636. The number of ether oxygens (including phenoxy) is 2. The van der Waals surface area contributed by atoms with Gasteiger partial charge in [0.25, 0.3) is 0 Å². The number of anilines is 2. The van der Waals surface area contributed by atoms with Crippen LogP contribution in [0.25, 0.3) is 10.1 Å². The molecule has 3 aromatic rings. The fourth-order valence-electron chi connectivity index (χ4n) is 4.18. The normalized spacial score (nSPS) is 14.9. The molecule has 1 saturated heterocycles. The lowest BCUT2D eigenvalue weighted by atomic mass is 10.2. The smallest absolute Gasteiger partial charge is 0.412 e. The fraction of sp³-hybridized carbons (Fsp3) is 0.444. The van der Waals surface area contributed by atoms with Gasteiger partial charge in [0.2, 0.25) is 0 Å². The van der Waals surface area contributed by atoms with Crippen molar-refractivity contribution in [2.45, 2.75) is 39.2 Å². The highest BCUT2D eigenvalue weighted by Gasteiger charge is 2.19. The van der Waals surface area contributed by atoms with Crippen LogP contribution in [-0.2, 0) is 4.74 Å². The Balaban J connectivity index is 1.14. The van der Waals surface area contributed by atoms with E-state index in [4.69, 9.17) is 9.47 Å². The van der Waals surface area contributed by atoms with Crippen LogP contribution in [0.1, 0.15) is 33.6 Å². The highest BCUT2D eigenvalue weighted by atomic mass is 32.1. The Morgan fingerprint density at radius 2 is 1.82 bits per heavy atom. The highest BCUT2D eigenvalue weighted by molar-refractivity contribution is 7.17. The van der Waals surface area contributed by atoms with Crippen LogP contribution < -0.4 is 15.0 Å². The molecule has 0 atom stereocenters. The number of rotatable bonds is 8. The average molecular weight is 482 g/mol. The first-order chi connectivity index (χ1) is 16.4. The summed E-state index contributed by atoms with van der Waals surface area (Å²) in [6.07, 6.45) is 1.64. The van der Waals surface area contributed by atoms with Gasteiger partial charge in [0.05, 0.1) is 6.61 Å². The summed E-state index contributed by atoms with van der Waals surface area (Å²) < 4.78 is 12.6. The number of amides is 1. The lowest BCUT2D eigenvalue weighted by Crippen LogP contribution is -2.46. The van der Waals surface area contributed by atoms with Crippen molar-refractivity contribution in [3.8, 4) is 5.75 Å². The van der Waals surface area contributed by atoms with Gasteiger partial charge in [-0.2, -0.15) is 0 Å². The molecule has 7 heteroatoms. The summed E-state index contributed by atoms with van der Waals surface area (Å²) in [6, 6.07) is 16.3. The van der Waals surface area contributed by atoms with Crippen molar-refractivity contribution in [2.75, 3.05) is 49.5 Å². The molecule has 2 heterocycles. The molecule has 0 radical (unpaired) electrons. The topological polar surface area (TPSA) is 54.0 Å². The third kappa shape index (κ3) is 6.87. The number of benzene rings is 2. The van der Waals surface area contributed by atoms with Gasteiger partial charge in [0.15, 0.2) is 0 Å².